The topological polar surface area (TPSA) is 80.7 Å². The van der Waals surface area contributed by atoms with Crippen molar-refractivity contribution >= 4 is 27.4 Å². The highest BCUT2D eigenvalue weighted by Crippen LogP contribution is 2.31. The second-order valence-corrected chi connectivity index (χ2v) is 9.10. The molecule has 1 heterocycles. The first-order valence-corrected chi connectivity index (χ1v) is 10.8. The van der Waals surface area contributed by atoms with E-state index in [2.05, 4.69) is 0 Å². The second-order valence-electron chi connectivity index (χ2n) is 6.99. The molecule has 1 atom stereocenters. The smallest absolute Gasteiger partial charge is 0.307 e. The van der Waals surface area contributed by atoms with Crippen LogP contribution >= 0.6 is 0 Å². The van der Waals surface area contributed by atoms with E-state index in [0.717, 1.165) is 23.2 Å². The lowest BCUT2D eigenvalue weighted by molar-refractivity contribution is -0.147. The zero-order valence-electron chi connectivity index (χ0n) is 15.9. The molecule has 148 valence electrons. The van der Waals surface area contributed by atoms with Gasteiger partial charge in [-0.2, -0.15) is 0 Å². The molecule has 0 unspecified atom stereocenters. The molecule has 6 nitrogen and oxygen atoms in total. The van der Waals surface area contributed by atoms with Gasteiger partial charge in [-0.3, -0.25) is 9.59 Å². The van der Waals surface area contributed by atoms with Crippen LogP contribution in [0, 0.1) is 6.92 Å². The number of carbonyl (C=O) groups is 2. The molecule has 2 aromatic carbocycles. The highest BCUT2D eigenvalue weighted by atomic mass is 32.2. The minimum atomic E-state index is -3.57. The van der Waals surface area contributed by atoms with Crippen LogP contribution in [0.3, 0.4) is 0 Å². The lowest BCUT2D eigenvalue weighted by Gasteiger charge is -2.22. The number of ether oxygens (including phenoxy) is 1. The van der Waals surface area contributed by atoms with E-state index >= 15 is 0 Å². The first kappa shape index (κ1) is 20.1. The normalized spacial score (nSPS) is 15.9. The standard InChI is InChI=1S/C21H23NO5S/c1-15-7-9-18(10-8-15)28(25,26)12-11-21(24)27-14-20(23)22-16(2)13-17-5-3-4-6-19(17)22/h3-10,16H,11-14H2,1-2H3/t16-/m0/s1. The van der Waals surface area contributed by atoms with E-state index in [1.165, 1.54) is 12.1 Å². The Bertz CT molecular complexity index is 982. The molecule has 1 aliphatic heterocycles. The van der Waals surface area contributed by atoms with Crippen LogP contribution in [0.4, 0.5) is 5.69 Å². The van der Waals surface area contributed by atoms with Crippen LogP contribution in [-0.4, -0.2) is 38.7 Å². The molecular weight excluding hydrogens is 378 g/mol. The van der Waals surface area contributed by atoms with Gasteiger partial charge in [0, 0.05) is 11.7 Å². The van der Waals surface area contributed by atoms with Crippen molar-refractivity contribution in [2.75, 3.05) is 17.3 Å². The summed E-state index contributed by atoms with van der Waals surface area (Å²) in [6.07, 6.45) is 0.459. The Morgan fingerprint density at radius 3 is 2.50 bits per heavy atom. The minimum Gasteiger partial charge on any atom is -0.456 e. The maximum Gasteiger partial charge on any atom is 0.307 e. The Hall–Kier alpha value is -2.67. The van der Waals surface area contributed by atoms with Gasteiger partial charge in [-0.1, -0.05) is 35.9 Å². The number of sulfone groups is 1. The number of esters is 1. The number of hydrogen-bond donors (Lipinski definition) is 0. The molecule has 0 aliphatic carbocycles. The van der Waals surface area contributed by atoms with Crippen molar-refractivity contribution in [3.8, 4) is 0 Å². The van der Waals surface area contributed by atoms with Crippen LogP contribution in [0.2, 0.25) is 0 Å². The number of amides is 1. The Labute approximate surface area is 165 Å². The van der Waals surface area contributed by atoms with Crippen molar-refractivity contribution in [3.05, 3.63) is 59.7 Å². The Balaban J connectivity index is 1.53. The number of aryl methyl sites for hydroxylation is 1. The third-order valence-electron chi connectivity index (χ3n) is 4.79. The number of para-hydroxylation sites is 1. The fourth-order valence-electron chi connectivity index (χ4n) is 3.31. The fraction of sp³-hybridized carbons (Fsp3) is 0.333. The van der Waals surface area contributed by atoms with Gasteiger partial charge in [-0.05, 0) is 44.0 Å². The lowest BCUT2D eigenvalue weighted by Crippen LogP contribution is -2.38. The van der Waals surface area contributed by atoms with Gasteiger partial charge in [0.15, 0.2) is 16.4 Å². The van der Waals surface area contributed by atoms with Gasteiger partial charge in [0.05, 0.1) is 17.1 Å². The molecule has 2 aromatic rings. The molecule has 3 rings (SSSR count). The summed E-state index contributed by atoms with van der Waals surface area (Å²) < 4.78 is 29.6. The average molecular weight is 401 g/mol. The molecule has 1 amide bonds. The lowest BCUT2D eigenvalue weighted by atomic mass is 10.1. The van der Waals surface area contributed by atoms with Gasteiger partial charge in [0.2, 0.25) is 0 Å². The van der Waals surface area contributed by atoms with Gasteiger partial charge >= 0.3 is 5.97 Å². The van der Waals surface area contributed by atoms with Gasteiger partial charge < -0.3 is 9.64 Å². The van der Waals surface area contributed by atoms with Crippen LogP contribution in [0.15, 0.2) is 53.4 Å². The van der Waals surface area contributed by atoms with Crippen molar-refractivity contribution in [2.24, 2.45) is 0 Å². The molecule has 0 saturated heterocycles. The summed E-state index contributed by atoms with van der Waals surface area (Å²) in [7, 11) is -3.57. The zero-order valence-corrected chi connectivity index (χ0v) is 16.7. The number of benzene rings is 2. The van der Waals surface area contributed by atoms with E-state index in [1.807, 2.05) is 38.1 Å². The van der Waals surface area contributed by atoms with Crippen molar-refractivity contribution < 1.29 is 22.7 Å². The maximum atomic E-state index is 12.5. The van der Waals surface area contributed by atoms with Gasteiger partial charge in [-0.15, -0.1) is 0 Å². The molecule has 0 aromatic heterocycles. The van der Waals surface area contributed by atoms with Crippen LogP contribution < -0.4 is 4.90 Å². The van der Waals surface area contributed by atoms with E-state index < -0.39 is 22.4 Å². The second kappa shape index (κ2) is 8.14. The Kier molecular flexibility index (Phi) is 5.84. The molecule has 7 heteroatoms. The third kappa shape index (κ3) is 4.42. The van der Waals surface area contributed by atoms with Crippen molar-refractivity contribution in [1.82, 2.24) is 0 Å². The first-order chi connectivity index (χ1) is 13.3. The average Bonchev–Trinajstić information content (AvgIpc) is 3.00. The number of carbonyl (C=O) groups excluding carboxylic acids is 2. The van der Waals surface area contributed by atoms with Crippen LogP contribution in [0.1, 0.15) is 24.5 Å². The van der Waals surface area contributed by atoms with Gasteiger partial charge in [0.25, 0.3) is 5.91 Å². The van der Waals surface area contributed by atoms with Gasteiger partial charge in [0.1, 0.15) is 0 Å². The zero-order chi connectivity index (χ0) is 20.3. The summed E-state index contributed by atoms with van der Waals surface area (Å²) in [4.78, 5) is 26.3. The summed E-state index contributed by atoms with van der Waals surface area (Å²) in [5, 5.41) is 0. The fourth-order valence-corrected chi connectivity index (χ4v) is 4.53. The first-order valence-electron chi connectivity index (χ1n) is 9.13. The number of anilines is 1. The molecule has 0 saturated carbocycles. The predicted molar refractivity (Wildman–Crippen MR) is 106 cm³/mol. The summed E-state index contributed by atoms with van der Waals surface area (Å²) in [6.45, 7) is 3.40. The molecule has 0 bridgehead atoms. The van der Waals surface area contributed by atoms with Crippen molar-refractivity contribution in [1.29, 1.82) is 0 Å². The predicted octanol–water partition coefficient (Wildman–Crippen LogP) is 2.68. The monoisotopic (exact) mass is 401 g/mol. The number of fused-ring (bicyclic) bond motifs is 1. The summed E-state index contributed by atoms with van der Waals surface area (Å²) in [5.74, 6) is -1.37. The number of nitrogens with zero attached hydrogens (tertiary/aromatic N) is 1. The molecule has 0 radical (unpaired) electrons. The highest BCUT2D eigenvalue weighted by molar-refractivity contribution is 7.91. The summed E-state index contributed by atoms with van der Waals surface area (Å²) in [5.41, 5.74) is 2.87. The molecule has 0 N–H and O–H groups in total. The quantitative estimate of drug-likeness (QED) is 0.695. The molecule has 1 aliphatic rings. The Morgan fingerprint density at radius 2 is 1.79 bits per heavy atom. The third-order valence-corrected chi connectivity index (χ3v) is 6.52. The van der Waals surface area contributed by atoms with Crippen LogP contribution in [-0.2, 0) is 30.6 Å². The molecular formula is C21H23NO5S. The minimum absolute atomic E-state index is 0.00878. The van der Waals surface area contributed by atoms with E-state index in [1.54, 1.807) is 17.0 Å². The number of rotatable bonds is 6. The van der Waals surface area contributed by atoms with E-state index in [-0.39, 0.29) is 29.0 Å². The SMILES string of the molecule is Cc1ccc(S(=O)(=O)CCC(=O)OCC(=O)N2c3ccccc3C[C@@H]2C)cc1. The van der Waals surface area contributed by atoms with Crippen molar-refractivity contribution in [2.45, 2.75) is 37.6 Å². The van der Waals surface area contributed by atoms with Crippen LogP contribution in [0.25, 0.3) is 0 Å². The van der Waals surface area contributed by atoms with Crippen molar-refractivity contribution in [3.63, 3.8) is 0 Å². The van der Waals surface area contributed by atoms with Gasteiger partial charge in [-0.25, -0.2) is 8.42 Å². The highest BCUT2D eigenvalue weighted by Gasteiger charge is 2.31. The Morgan fingerprint density at radius 1 is 1.11 bits per heavy atom. The van der Waals surface area contributed by atoms with E-state index in [0.29, 0.717) is 0 Å². The van der Waals surface area contributed by atoms with E-state index in [4.69, 9.17) is 4.74 Å². The maximum absolute atomic E-state index is 12.5. The summed E-state index contributed by atoms with van der Waals surface area (Å²) >= 11 is 0. The van der Waals surface area contributed by atoms with E-state index in [9.17, 15) is 18.0 Å². The largest absolute Gasteiger partial charge is 0.456 e. The molecule has 0 fully saturated rings. The molecule has 0 spiro atoms. The van der Waals surface area contributed by atoms with Crippen LogP contribution in [0.5, 0.6) is 0 Å². The molecule has 28 heavy (non-hydrogen) atoms. The number of hydrogen-bond acceptors (Lipinski definition) is 5. The summed E-state index contributed by atoms with van der Waals surface area (Å²) in [6, 6.07) is 14.1.